The average Bonchev–Trinajstić information content (AvgIpc) is 3.22. The number of hydrogen-bond donors (Lipinski definition) is 2. The van der Waals surface area contributed by atoms with Crippen LogP contribution in [0.2, 0.25) is 36.3 Å². The quantitative estimate of drug-likeness (QED) is 0.0704. The minimum atomic E-state index is -2.71. The largest absolute Gasteiger partial charge is 0.477 e. The zero-order chi connectivity index (χ0) is 32.9. The van der Waals surface area contributed by atoms with Gasteiger partial charge in [-0.3, -0.25) is 0 Å². The van der Waals surface area contributed by atoms with Gasteiger partial charge in [-0.2, -0.15) is 0 Å². The van der Waals surface area contributed by atoms with E-state index in [9.17, 15) is 15.0 Å². The number of allylic oxidation sites excluding steroid dienone is 2. The van der Waals surface area contributed by atoms with Gasteiger partial charge >= 0.3 is 10.5 Å². The van der Waals surface area contributed by atoms with Crippen molar-refractivity contribution < 1.29 is 28.6 Å². The zero-order valence-corrected chi connectivity index (χ0v) is 31.7. The van der Waals surface area contributed by atoms with Crippen molar-refractivity contribution in [3.8, 4) is 5.75 Å². The Balaban J connectivity index is 2.81. The van der Waals surface area contributed by atoms with Crippen molar-refractivity contribution in [1.29, 1.82) is 0 Å². The predicted octanol–water partition coefficient (Wildman–Crippen LogP) is 9.44. The number of benzene rings is 1. The number of rotatable bonds is 13. The van der Waals surface area contributed by atoms with Crippen LogP contribution in [0.1, 0.15) is 74.1 Å². The number of alkyl halides is 1. The topological polar surface area (TPSA) is 85.2 Å². The molecule has 0 amide bonds. The van der Waals surface area contributed by atoms with E-state index in [1.807, 2.05) is 12.1 Å². The van der Waals surface area contributed by atoms with Gasteiger partial charge in [-0.25, -0.2) is 4.79 Å². The van der Waals surface area contributed by atoms with Crippen LogP contribution in [0.5, 0.6) is 5.75 Å². The first-order chi connectivity index (χ1) is 19.6. The SMILES string of the molecule is CCC=C[C@H]1CC[C@H](O)[C@@H]1CC=C=CC([16O][Si](C)(C)C(C)(C)C)([16O][Si](C)(C)C(C)(C)C)C(Br)(Oc1ccccc1)C(=O)O. The molecule has 1 aliphatic carbocycles. The van der Waals surface area contributed by atoms with E-state index in [1.54, 1.807) is 30.3 Å². The second-order valence-electron chi connectivity index (χ2n) is 14.8. The molecule has 0 radical (unpaired) electrons. The third-order valence-electron chi connectivity index (χ3n) is 9.39. The number of halogens is 1. The van der Waals surface area contributed by atoms with Crippen LogP contribution in [-0.4, -0.2) is 49.2 Å². The minimum Gasteiger partial charge on any atom is -0.477 e. The maximum atomic E-state index is 13.4. The summed E-state index contributed by atoms with van der Waals surface area (Å²) in [6, 6.07) is 8.86. The molecule has 0 aromatic heterocycles. The Hall–Kier alpha value is -1.46. The van der Waals surface area contributed by atoms with Gasteiger partial charge in [0.05, 0.1) is 6.10 Å². The molecule has 6 nitrogen and oxygen atoms in total. The van der Waals surface area contributed by atoms with E-state index < -0.39 is 39.0 Å². The molecule has 2 N–H and O–H groups in total. The lowest BCUT2D eigenvalue weighted by Crippen LogP contribution is -2.68. The van der Waals surface area contributed by atoms with E-state index in [-0.39, 0.29) is 16.0 Å². The van der Waals surface area contributed by atoms with Gasteiger partial charge in [-0.15, -0.1) is 5.73 Å². The molecule has 1 fully saturated rings. The van der Waals surface area contributed by atoms with Crippen LogP contribution in [0, 0.1) is 11.8 Å². The van der Waals surface area contributed by atoms with Crippen LogP contribution >= 0.6 is 15.9 Å². The summed E-state index contributed by atoms with van der Waals surface area (Å²) in [4.78, 5) is 13.4. The molecule has 1 saturated carbocycles. The van der Waals surface area contributed by atoms with Crippen LogP contribution in [0.4, 0.5) is 0 Å². The monoisotopic (exact) mass is 694 g/mol. The molecule has 0 bridgehead atoms. The van der Waals surface area contributed by atoms with Crippen LogP contribution in [0.25, 0.3) is 0 Å². The molecule has 1 aromatic rings. The number of carboxylic acid groups (broad SMARTS) is 1. The van der Waals surface area contributed by atoms with E-state index in [4.69, 9.17) is 13.6 Å². The number of ether oxygens (including phenoxy) is 1. The van der Waals surface area contributed by atoms with E-state index in [2.05, 4.69) is 108 Å². The van der Waals surface area contributed by atoms with Crippen molar-refractivity contribution >= 4 is 38.5 Å². The van der Waals surface area contributed by atoms with Crippen LogP contribution < -0.4 is 4.74 Å². The highest BCUT2D eigenvalue weighted by atomic mass is 79.9. The van der Waals surface area contributed by atoms with Gasteiger partial charge < -0.3 is 23.8 Å². The van der Waals surface area contributed by atoms with Gasteiger partial charge in [0.25, 0.3) is 0 Å². The molecule has 1 aliphatic rings. The summed E-state index contributed by atoms with van der Waals surface area (Å²) in [5.41, 5.74) is 3.28. The molecule has 0 spiro atoms. The summed E-state index contributed by atoms with van der Waals surface area (Å²) < 4.78 is 18.4. The zero-order valence-electron chi connectivity index (χ0n) is 28.2. The fraction of sp³-hybridized carbons (Fsp3) is 0.647. The summed E-state index contributed by atoms with van der Waals surface area (Å²) in [7, 11) is -5.41. The van der Waals surface area contributed by atoms with E-state index in [1.165, 1.54) is 0 Å². The molecule has 1 aromatic carbocycles. The van der Waals surface area contributed by atoms with Crippen molar-refractivity contribution in [3.05, 3.63) is 60.4 Å². The van der Waals surface area contributed by atoms with Gasteiger partial charge in [-0.05, 0) is 108 Å². The summed E-state index contributed by atoms with van der Waals surface area (Å²) in [6.45, 7) is 23.1. The van der Waals surface area contributed by atoms with Crippen molar-refractivity contribution in [2.75, 3.05) is 0 Å². The second kappa shape index (κ2) is 14.3. The van der Waals surface area contributed by atoms with Crippen molar-refractivity contribution in [2.24, 2.45) is 11.8 Å². The third-order valence-corrected chi connectivity index (χ3v) is 19.3. The smallest absolute Gasteiger partial charge is 0.365 e. The Labute approximate surface area is 271 Å². The number of carboxylic acids is 1. The Morgan fingerprint density at radius 3 is 2.00 bits per heavy atom. The molecular formula is C34H55BrO6Si2. The van der Waals surface area contributed by atoms with Gasteiger partial charge in [0.1, 0.15) is 5.75 Å². The molecule has 4 atom stereocenters. The molecule has 2 rings (SSSR count). The summed E-state index contributed by atoms with van der Waals surface area (Å²) in [6.07, 6.45) is 10.7. The highest BCUT2D eigenvalue weighted by Crippen LogP contribution is 2.50. The van der Waals surface area contributed by atoms with Gasteiger partial charge in [0.15, 0.2) is 16.6 Å². The molecule has 242 valence electrons. The summed E-state index contributed by atoms with van der Waals surface area (Å²) in [5.74, 6) is -2.44. The Morgan fingerprint density at radius 1 is 1.00 bits per heavy atom. The first-order valence-corrected chi connectivity index (χ1v) is 22.1. The summed E-state index contributed by atoms with van der Waals surface area (Å²) >= 11 is 3.55. The summed E-state index contributed by atoms with van der Waals surface area (Å²) in [5, 5.41) is 21.1. The molecule has 43 heavy (non-hydrogen) atoms. The number of hydrogen-bond acceptors (Lipinski definition) is 5. The first kappa shape index (κ1) is 37.7. The second-order valence-corrected chi connectivity index (χ2v) is 25.3. The molecule has 0 aliphatic heterocycles. The maximum absolute atomic E-state index is 13.4. The number of aliphatic hydroxyl groups is 1. The predicted molar refractivity (Wildman–Crippen MR) is 185 cm³/mol. The van der Waals surface area contributed by atoms with E-state index >= 15 is 0 Å². The molecule has 0 heterocycles. The fourth-order valence-electron chi connectivity index (χ4n) is 4.61. The lowest BCUT2D eigenvalue weighted by Gasteiger charge is -2.52. The highest BCUT2D eigenvalue weighted by Gasteiger charge is 2.65. The lowest BCUT2D eigenvalue weighted by molar-refractivity contribution is -0.193. The lowest BCUT2D eigenvalue weighted by atomic mass is 9.91. The number of aliphatic hydroxyl groups excluding tert-OH is 1. The maximum Gasteiger partial charge on any atom is 0.365 e. The van der Waals surface area contributed by atoms with Crippen LogP contribution in [0.15, 0.2) is 60.4 Å². The van der Waals surface area contributed by atoms with Crippen molar-refractivity contribution in [1.82, 2.24) is 0 Å². The third kappa shape index (κ3) is 9.06. The Bertz CT molecular complexity index is 1130. The number of aliphatic carboxylic acids is 1. The van der Waals surface area contributed by atoms with Crippen molar-refractivity contribution in [2.45, 2.75) is 127 Å². The first-order valence-electron chi connectivity index (χ1n) is 15.5. The number of para-hydroxylation sites is 1. The fourth-order valence-corrected chi connectivity index (χ4v) is 8.08. The highest BCUT2D eigenvalue weighted by molar-refractivity contribution is 9.10. The Morgan fingerprint density at radius 2 is 1.53 bits per heavy atom. The molecule has 1 unspecified atom stereocenters. The van der Waals surface area contributed by atoms with Crippen LogP contribution in [-0.2, 0) is 13.6 Å². The van der Waals surface area contributed by atoms with Crippen LogP contribution in [0.3, 0.4) is 0 Å². The molecular weight excluding hydrogens is 640 g/mol. The molecule has 9 heteroatoms. The van der Waals surface area contributed by atoms with E-state index in [0.29, 0.717) is 18.1 Å². The van der Waals surface area contributed by atoms with E-state index in [0.717, 1.165) is 19.3 Å². The Kier molecular flexibility index (Phi) is 12.6. The van der Waals surface area contributed by atoms with Gasteiger partial charge in [-0.1, -0.05) is 78.8 Å². The van der Waals surface area contributed by atoms with Crippen molar-refractivity contribution in [3.63, 3.8) is 0 Å². The number of carbonyl (C=O) groups is 1. The normalized spacial score (nSPS) is 21.7. The van der Waals surface area contributed by atoms with Gasteiger partial charge in [0, 0.05) is 6.08 Å². The average molecular weight is 696 g/mol. The van der Waals surface area contributed by atoms with Gasteiger partial charge in [0.2, 0.25) is 5.79 Å². The minimum absolute atomic E-state index is 0.0643. The standard InChI is InChI=1S/C34H55BrO6Si2/c1-12-13-19-26-23-24-29(36)28(26)22-17-18-25-33(40-42(8,9)31(2,3)4,41-43(10,11)32(5,6)7)34(35,30(37)38)39-27-20-15-14-16-21-27/h13-17,19-21,25-26,28-29,36H,12,22-24H2,1-11H3,(H,37,38)/t18?,26-,28+,29-,34?/m0/s1/i40+0,41+0. The molecule has 0 saturated heterocycles.